The summed E-state index contributed by atoms with van der Waals surface area (Å²) >= 11 is 0. The average molecular weight is 336 g/mol. The third-order valence-corrected chi connectivity index (χ3v) is 3.97. The van der Waals surface area contributed by atoms with Crippen LogP contribution in [0.3, 0.4) is 0 Å². The van der Waals surface area contributed by atoms with Crippen molar-refractivity contribution in [2.24, 2.45) is 0 Å². The van der Waals surface area contributed by atoms with E-state index in [2.05, 4.69) is 5.32 Å². The van der Waals surface area contributed by atoms with E-state index in [0.717, 1.165) is 5.56 Å². The Bertz CT molecular complexity index is 590. The van der Waals surface area contributed by atoms with Crippen LogP contribution in [0.25, 0.3) is 0 Å². The Morgan fingerprint density at radius 1 is 1.33 bits per heavy atom. The molecule has 7 heteroatoms. The van der Waals surface area contributed by atoms with Crippen molar-refractivity contribution in [1.82, 2.24) is 10.2 Å². The third kappa shape index (κ3) is 4.38. The van der Waals surface area contributed by atoms with Gasteiger partial charge in [0.15, 0.2) is 0 Å². The second-order valence-electron chi connectivity index (χ2n) is 5.46. The highest BCUT2D eigenvalue weighted by Gasteiger charge is 2.32. The fourth-order valence-corrected chi connectivity index (χ4v) is 2.75. The number of amides is 1. The predicted octanol–water partition coefficient (Wildman–Crippen LogP) is 0.957. The van der Waals surface area contributed by atoms with Crippen molar-refractivity contribution in [1.29, 1.82) is 0 Å². The smallest absolute Gasteiger partial charge is 0.307 e. The van der Waals surface area contributed by atoms with Gasteiger partial charge in [0.2, 0.25) is 5.91 Å². The Morgan fingerprint density at radius 2 is 2.12 bits per heavy atom. The standard InChI is InChI=1S/C17H24N2O5/c1-4-24-16(20)10-14-17(21)18-7-8-19(14)11-12-5-6-13(22-2)9-15(12)23-3/h5-6,9,14H,4,7-8,10-11H2,1-3H3,(H,18,21)/t14-/m1/s1. The predicted molar refractivity (Wildman–Crippen MR) is 88.0 cm³/mol. The van der Waals surface area contributed by atoms with E-state index in [9.17, 15) is 9.59 Å². The number of hydrogen-bond donors (Lipinski definition) is 1. The van der Waals surface area contributed by atoms with Crippen LogP contribution in [0.4, 0.5) is 0 Å². The van der Waals surface area contributed by atoms with Gasteiger partial charge in [-0.1, -0.05) is 6.07 Å². The molecule has 1 amide bonds. The zero-order valence-electron chi connectivity index (χ0n) is 14.3. The van der Waals surface area contributed by atoms with Gasteiger partial charge in [-0.3, -0.25) is 14.5 Å². The molecule has 0 saturated carbocycles. The Balaban J connectivity index is 2.15. The van der Waals surface area contributed by atoms with Gasteiger partial charge in [-0.2, -0.15) is 0 Å². The highest BCUT2D eigenvalue weighted by atomic mass is 16.5. The Hall–Kier alpha value is -2.28. The minimum Gasteiger partial charge on any atom is -0.497 e. The van der Waals surface area contributed by atoms with Crippen LogP contribution in [-0.2, 0) is 20.9 Å². The van der Waals surface area contributed by atoms with Crippen molar-refractivity contribution in [3.8, 4) is 11.5 Å². The molecule has 1 aromatic carbocycles. The van der Waals surface area contributed by atoms with E-state index in [1.54, 1.807) is 27.2 Å². The number of nitrogens with zero attached hydrogens (tertiary/aromatic N) is 1. The van der Waals surface area contributed by atoms with Gasteiger partial charge >= 0.3 is 5.97 Å². The fourth-order valence-electron chi connectivity index (χ4n) is 2.75. The molecule has 2 rings (SSSR count). The molecule has 1 aliphatic rings. The molecule has 0 aliphatic carbocycles. The number of benzene rings is 1. The summed E-state index contributed by atoms with van der Waals surface area (Å²) in [4.78, 5) is 25.9. The minimum atomic E-state index is -0.537. The summed E-state index contributed by atoms with van der Waals surface area (Å²) in [5.41, 5.74) is 0.932. The highest BCUT2D eigenvalue weighted by Crippen LogP contribution is 2.27. The van der Waals surface area contributed by atoms with E-state index in [-0.39, 0.29) is 18.3 Å². The van der Waals surface area contributed by atoms with Crippen molar-refractivity contribution >= 4 is 11.9 Å². The zero-order chi connectivity index (χ0) is 17.5. The van der Waals surface area contributed by atoms with Crippen LogP contribution in [-0.4, -0.2) is 56.7 Å². The zero-order valence-corrected chi connectivity index (χ0v) is 14.3. The SMILES string of the molecule is CCOC(=O)C[C@@H]1C(=O)NCCN1Cc1ccc(OC)cc1OC. The largest absolute Gasteiger partial charge is 0.497 e. The van der Waals surface area contributed by atoms with Crippen LogP contribution in [0.15, 0.2) is 18.2 Å². The van der Waals surface area contributed by atoms with Crippen LogP contribution in [0.2, 0.25) is 0 Å². The molecule has 0 spiro atoms. The lowest BCUT2D eigenvalue weighted by molar-refractivity contribution is -0.148. The number of carbonyl (C=O) groups is 2. The molecule has 1 aromatic rings. The van der Waals surface area contributed by atoms with Crippen LogP contribution in [0.5, 0.6) is 11.5 Å². The summed E-state index contributed by atoms with van der Waals surface area (Å²) in [6.07, 6.45) is 0.0398. The summed E-state index contributed by atoms with van der Waals surface area (Å²) in [7, 11) is 3.19. The van der Waals surface area contributed by atoms with Gasteiger partial charge in [-0.15, -0.1) is 0 Å². The molecule has 0 aromatic heterocycles. The number of nitrogens with one attached hydrogen (secondary N) is 1. The quantitative estimate of drug-likeness (QED) is 0.747. The maximum Gasteiger partial charge on any atom is 0.307 e. The lowest BCUT2D eigenvalue weighted by atomic mass is 10.1. The highest BCUT2D eigenvalue weighted by molar-refractivity contribution is 5.87. The van der Waals surface area contributed by atoms with E-state index in [1.165, 1.54) is 0 Å². The summed E-state index contributed by atoms with van der Waals surface area (Å²) < 4.78 is 15.6. The van der Waals surface area contributed by atoms with E-state index in [0.29, 0.717) is 37.7 Å². The molecule has 1 heterocycles. The number of piperazine rings is 1. The van der Waals surface area contributed by atoms with E-state index in [4.69, 9.17) is 14.2 Å². The number of esters is 1. The molecule has 1 atom stereocenters. The van der Waals surface area contributed by atoms with Gasteiger partial charge < -0.3 is 19.5 Å². The van der Waals surface area contributed by atoms with E-state index >= 15 is 0 Å². The maximum absolute atomic E-state index is 12.2. The molecule has 24 heavy (non-hydrogen) atoms. The number of rotatable bonds is 7. The normalized spacial score (nSPS) is 18.0. The van der Waals surface area contributed by atoms with Crippen LogP contribution >= 0.6 is 0 Å². The van der Waals surface area contributed by atoms with Crippen LogP contribution in [0, 0.1) is 0 Å². The van der Waals surface area contributed by atoms with Gasteiger partial charge in [-0.25, -0.2) is 0 Å². The molecular formula is C17H24N2O5. The van der Waals surface area contributed by atoms with E-state index < -0.39 is 6.04 Å². The number of hydrogen-bond acceptors (Lipinski definition) is 6. The number of carbonyl (C=O) groups excluding carboxylic acids is 2. The van der Waals surface area contributed by atoms with Crippen molar-refractivity contribution < 1.29 is 23.8 Å². The average Bonchev–Trinajstić information content (AvgIpc) is 2.58. The van der Waals surface area contributed by atoms with Gasteiger partial charge in [0.25, 0.3) is 0 Å². The molecule has 1 N–H and O–H groups in total. The van der Waals surface area contributed by atoms with Crippen molar-refractivity contribution in [3.63, 3.8) is 0 Å². The van der Waals surface area contributed by atoms with Gasteiger partial charge in [0.05, 0.1) is 27.2 Å². The number of methoxy groups -OCH3 is 2. The third-order valence-electron chi connectivity index (χ3n) is 3.97. The molecule has 7 nitrogen and oxygen atoms in total. The summed E-state index contributed by atoms with van der Waals surface area (Å²) in [6, 6.07) is 5.03. The van der Waals surface area contributed by atoms with Crippen LogP contribution in [0.1, 0.15) is 18.9 Å². The monoisotopic (exact) mass is 336 g/mol. The van der Waals surface area contributed by atoms with Gasteiger partial charge in [-0.05, 0) is 13.0 Å². The van der Waals surface area contributed by atoms with E-state index in [1.807, 2.05) is 17.0 Å². The minimum absolute atomic E-state index is 0.0398. The molecule has 0 radical (unpaired) electrons. The number of ether oxygens (including phenoxy) is 3. The molecule has 1 fully saturated rings. The summed E-state index contributed by atoms with van der Waals surface area (Å²) in [6.45, 7) is 3.77. The topological polar surface area (TPSA) is 77.1 Å². The van der Waals surface area contributed by atoms with Crippen LogP contribution < -0.4 is 14.8 Å². The summed E-state index contributed by atoms with van der Waals surface area (Å²) in [5.74, 6) is 0.873. The van der Waals surface area contributed by atoms with Crippen molar-refractivity contribution in [2.75, 3.05) is 33.9 Å². The van der Waals surface area contributed by atoms with Gasteiger partial charge in [0, 0.05) is 31.3 Å². The maximum atomic E-state index is 12.2. The second kappa shape index (κ2) is 8.54. The summed E-state index contributed by atoms with van der Waals surface area (Å²) in [5, 5.41) is 2.80. The molecule has 0 bridgehead atoms. The van der Waals surface area contributed by atoms with Crippen molar-refractivity contribution in [2.45, 2.75) is 25.9 Å². The molecule has 1 aliphatic heterocycles. The molecule has 132 valence electrons. The van der Waals surface area contributed by atoms with Crippen molar-refractivity contribution in [3.05, 3.63) is 23.8 Å². The molecular weight excluding hydrogens is 312 g/mol. The Kier molecular flexibility index (Phi) is 6.43. The lowest BCUT2D eigenvalue weighted by Crippen LogP contribution is -2.55. The molecule has 0 unspecified atom stereocenters. The first-order chi connectivity index (χ1) is 11.6. The fraction of sp³-hybridized carbons (Fsp3) is 0.529. The first kappa shape index (κ1) is 18.1. The molecule has 1 saturated heterocycles. The first-order valence-corrected chi connectivity index (χ1v) is 7.97. The Morgan fingerprint density at radius 3 is 2.79 bits per heavy atom. The van der Waals surface area contributed by atoms with Gasteiger partial charge in [0.1, 0.15) is 17.5 Å². The second-order valence-corrected chi connectivity index (χ2v) is 5.46. The lowest BCUT2D eigenvalue weighted by Gasteiger charge is -2.34. The Labute approximate surface area is 141 Å². The first-order valence-electron chi connectivity index (χ1n) is 7.97.